The Balaban J connectivity index is 1.88. The van der Waals surface area contributed by atoms with Gasteiger partial charge in [-0.05, 0) is 25.7 Å². The zero-order valence-electron chi connectivity index (χ0n) is 10.5. The molecule has 0 saturated carbocycles. The lowest BCUT2D eigenvalue weighted by Gasteiger charge is -2.30. The van der Waals surface area contributed by atoms with Crippen LogP contribution in [0, 0.1) is 12.8 Å². The van der Waals surface area contributed by atoms with E-state index >= 15 is 0 Å². The Hall–Kier alpha value is -1.10. The molecule has 0 amide bonds. The van der Waals surface area contributed by atoms with Gasteiger partial charge < -0.3 is 10.6 Å². The molecule has 17 heavy (non-hydrogen) atoms. The second-order valence-electron chi connectivity index (χ2n) is 4.69. The summed E-state index contributed by atoms with van der Waals surface area (Å²) in [5.41, 5.74) is 6.01. The summed E-state index contributed by atoms with van der Waals surface area (Å²) in [7, 11) is 0. The number of aromatic nitrogens is 1. The molecule has 1 fully saturated rings. The van der Waals surface area contributed by atoms with E-state index in [0.717, 1.165) is 24.0 Å². The van der Waals surface area contributed by atoms with Gasteiger partial charge in [-0.3, -0.25) is 0 Å². The monoisotopic (exact) mass is 252 g/mol. The molecule has 0 aliphatic carbocycles. The minimum absolute atomic E-state index is 0.656. The summed E-state index contributed by atoms with van der Waals surface area (Å²) in [6.45, 7) is 7.04. The topological polar surface area (TPSA) is 54.5 Å². The van der Waals surface area contributed by atoms with E-state index < -0.39 is 0 Å². The van der Waals surface area contributed by atoms with Gasteiger partial charge in [0.1, 0.15) is 0 Å². The molecule has 1 saturated heterocycles. The fourth-order valence-electron chi connectivity index (χ4n) is 1.98. The van der Waals surface area contributed by atoms with Crippen molar-refractivity contribution in [1.82, 2.24) is 9.88 Å². The quantitative estimate of drug-likeness (QED) is 0.647. The zero-order valence-corrected chi connectivity index (χ0v) is 11.3. The van der Waals surface area contributed by atoms with Crippen LogP contribution in [0.2, 0.25) is 0 Å². The van der Waals surface area contributed by atoms with E-state index in [1.165, 1.54) is 17.7 Å². The van der Waals surface area contributed by atoms with Gasteiger partial charge in [0.05, 0.1) is 11.6 Å². The third-order valence-electron chi connectivity index (χ3n) is 3.17. The Bertz CT molecular complexity index is 391. The SMILES string of the molecule is Cc1ncc(CN=C(N)N2CCC(C)CC2)s1. The van der Waals surface area contributed by atoms with Crippen LogP contribution in [0.5, 0.6) is 0 Å². The molecular formula is C12H20N4S. The van der Waals surface area contributed by atoms with Crippen molar-refractivity contribution in [3.05, 3.63) is 16.1 Å². The Kier molecular flexibility index (Phi) is 3.99. The summed E-state index contributed by atoms with van der Waals surface area (Å²) in [5, 5.41) is 1.08. The summed E-state index contributed by atoms with van der Waals surface area (Å²) in [6, 6.07) is 0. The second kappa shape index (κ2) is 5.49. The molecule has 4 nitrogen and oxygen atoms in total. The Morgan fingerprint density at radius 1 is 1.59 bits per heavy atom. The van der Waals surface area contributed by atoms with Crippen LogP contribution in [-0.2, 0) is 6.54 Å². The highest BCUT2D eigenvalue weighted by atomic mass is 32.1. The first kappa shape index (κ1) is 12.4. The molecule has 1 aromatic rings. The number of rotatable bonds is 2. The maximum atomic E-state index is 6.01. The van der Waals surface area contributed by atoms with Gasteiger partial charge in [-0.1, -0.05) is 6.92 Å². The zero-order chi connectivity index (χ0) is 12.3. The fraction of sp³-hybridized carbons (Fsp3) is 0.667. The van der Waals surface area contributed by atoms with Gasteiger partial charge in [0.15, 0.2) is 5.96 Å². The molecule has 5 heteroatoms. The molecule has 0 radical (unpaired) electrons. The number of piperidine rings is 1. The van der Waals surface area contributed by atoms with Crippen molar-refractivity contribution in [2.24, 2.45) is 16.6 Å². The summed E-state index contributed by atoms with van der Waals surface area (Å²) in [6.07, 6.45) is 4.32. The standard InChI is InChI=1S/C12H20N4S/c1-9-3-5-16(6-4-9)12(13)15-8-11-7-14-10(2)17-11/h7,9H,3-6,8H2,1-2H3,(H2,13,15). The van der Waals surface area contributed by atoms with E-state index in [0.29, 0.717) is 12.5 Å². The molecule has 1 aliphatic heterocycles. The number of thiazole rings is 1. The molecule has 2 N–H and O–H groups in total. The van der Waals surface area contributed by atoms with E-state index in [1.807, 2.05) is 13.1 Å². The largest absolute Gasteiger partial charge is 0.370 e. The van der Waals surface area contributed by atoms with Gasteiger partial charge >= 0.3 is 0 Å². The van der Waals surface area contributed by atoms with Crippen LogP contribution in [0.25, 0.3) is 0 Å². The number of hydrogen-bond donors (Lipinski definition) is 1. The molecular weight excluding hydrogens is 232 g/mol. The predicted octanol–water partition coefficient (Wildman–Crippen LogP) is 2.00. The Morgan fingerprint density at radius 2 is 2.29 bits per heavy atom. The van der Waals surface area contributed by atoms with Crippen LogP contribution in [0.1, 0.15) is 29.7 Å². The highest BCUT2D eigenvalue weighted by Crippen LogP contribution is 2.16. The first-order valence-electron chi connectivity index (χ1n) is 6.11. The second-order valence-corrected chi connectivity index (χ2v) is 6.01. The molecule has 1 aromatic heterocycles. The lowest BCUT2D eigenvalue weighted by Crippen LogP contribution is -2.42. The average molecular weight is 252 g/mol. The van der Waals surface area contributed by atoms with Crippen molar-refractivity contribution < 1.29 is 0 Å². The summed E-state index contributed by atoms with van der Waals surface area (Å²) >= 11 is 1.68. The van der Waals surface area contributed by atoms with E-state index in [9.17, 15) is 0 Å². The molecule has 0 spiro atoms. The van der Waals surface area contributed by atoms with Crippen molar-refractivity contribution in [2.45, 2.75) is 33.2 Å². The minimum Gasteiger partial charge on any atom is -0.370 e. The van der Waals surface area contributed by atoms with Gasteiger partial charge in [0.2, 0.25) is 0 Å². The molecule has 2 heterocycles. The third kappa shape index (κ3) is 3.43. The van der Waals surface area contributed by atoms with Gasteiger partial charge in [-0.15, -0.1) is 11.3 Å². The van der Waals surface area contributed by atoms with Crippen molar-refractivity contribution in [2.75, 3.05) is 13.1 Å². The van der Waals surface area contributed by atoms with Crippen LogP contribution >= 0.6 is 11.3 Å². The normalized spacial score (nSPS) is 18.7. The smallest absolute Gasteiger partial charge is 0.191 e. The van der Waals surface area contributed by atoms with Crippen molar-refractivity contribution in [3.8, 4) is 0 Å². The van der Waals surface area contributed by atoms with Crippen molar-refractivity contribution >= 4 is 17.3 Å². The maximum Gasteiger partial charge on any atom is 0.191 e. The third-order valence-corrected chi connectivity index (χ3v) is 4.07. The number of guanidine groups is 1. The van der Waals surface area contributed by atoms with E-state index in [4.69, 9.17) is 5.73 Å². The molecule has 94 valence electrons. The molecule has 1 aliphatic rings. The number of likely N-dealkylation sites (tertiary alicyclic amines) is 1. The lowest BCUT2D eigenvalue weighted by molar-refractivity contribution is 0.277. The van der Waals surface area contributed by atoms with Crippen molar-refractivity contribution in [1.29, 1.82) is 0 Å². The molecule has 0 atom stereocenters. The van der Waals surface area contributed by atoms with Crippen LogP contribution in [0.4, 0.5) is 0 Å². The van der Waals surface area contributed by atoms with Gasteiger partial charge in [-0.25, -0.2) is 9.98 Å². The molecule has 2 rings (SSSR count). The number of nitrogens with two attached hydrogens (primary N) is 1. The van der Waals surface area contributed by atoms with Crippen LogP contribution in [0.15, 0.2) is 11.2 Å². The predicted molar refractivity (Wildman–Crippen MR) is 72.1 cm³/mol. The van der Waals surface area contributed by atoms with Crippen LogP contribution in [0.3, 0.4) is 0 Å². The highest BCUT2D eigenvalue weighted by molar-refractivity contribution is 7.11. The average Bonchev–Trinajstić information content (AvgIpc) is 2.73. The molecule has 0 bridgehead atoms. The summed E-state index contributed by atoms with van der Waals surface area (Å²) in [4.78, 5) is 12.0. The van der Waals surface area contributed by atoms with Crippen molar-refractivity contribution in [3.63, 3.8) is 0 Å². The minimum atomic E-state index is 0.656. The van der Waals surface area contributed by atoms with Crippen LogP contribution in [-0.4, -0.2) is 28.9 Å². The Morgan fingerprint density at radius 3 is 2.88 bits per heavy atom. The maximum absolute atomic E-state index is 6.01. The summed E-state index contributed by atoms with van der Waals surface area (Å²) in [5.74, 6) is 1.51. The molecule has 0 aromatic carbocycles. The number of nitrogens with zero attached hydrogens (tertiary/aromatic N) is 3. The van der Waals surface area contributed by atoms with E-state index in [-0.39, 0.29) is 0 Å². The van der Waals surface area contributed by atoms with Crippen LogP contribution < -0.4 is 5.73 Å². The number of aryl methyl sites for hydroxylation is 1. The van der Waals surface area contributed by atoms with Gasteiger partial charge in [0, 0.05) is 24.2 Å². The van der Waals surface area contributed by atoms with E-state index in [2.05, 4.69) is 21.8 Å². The molecule has 0 unspecified atom stereocenters. The number of hydrogen-bond acceptors (Lipinski definition) is 3. The number of aliphatic imine (C=N–C) groups is 1. The van der Waals surface area contributed by atoms with Gasteiger partial charge in [-0.2, -0.15) is 0 Å². The Labute approximate surface area is 107 Å². The summed E-state index contributed by atoms with van der Waals surface area (Å²) < 4.78 is 0. The first-order valence-corrected chi connectivity index (χ1v) is 6.93. The van der Waals surface area contributed by atoms with E-state index in [1.54, 1.807) is 11.3 Å². The first-order chi connectivity index (χ1) is 8.15. The fourth-order valence-corrected chi connectivity index (χ4v) is 2.69. The van der Waals surface area contributed by atoms with Gasteiger partial charge in [0.25, 0.3) is 0 Å². The highest BCUT2D eigenvalue weighted by Gasteiger charge is 2.16. The lowest BCUT2D eigenvalue weighted by atomic mass is 10.00.